The molecule has 0 spiro atoms. The molecule has 1 N–H and O–H groups in total. The van der Waals surface area contributed by atoms with E-state index in [1.165, 1.54) is 36.4 Å². The predicted octanol–water partition coefficient (Wildman–Crippen LogP) is 3.06. The lowest BCUT2D eigenvalue weighted by Crippen LogP contribution is -2.28. The smallest absolute Gasteiger partial charge is 0.216 e. The van der Waals surface area contributed by atoms with Crippen molar-refractivity contribution in [2.24, 2.45) is 0 Å². The SMILES string of the molecule is C[C@@H](NS(=O)(=O)Cc1c(F)cccc1Cl)c1ccc(S(C)(=O)=O)cc1. The zero-order valence-corrected chi connectivity index (χ0v) is 15.9. The Kier molecular flexibility index (Phi) is 5.88. The highest BCUT2D eigenvalue weighted by Crippen LogP contribution is 2.23. The first kappa shape index (κ1) is 19.8. The molecule has 0 aliphatic heterocycles. The molecule has 0 unspecified atom stereocenters. The third-order valence-electron chi connectivity index (χ3n) is 3.56. The van der Waals surface area contributed by atoms with Crippen LogP contribution < -0.4 is 4.72 Å². The van der Waals surface area contributed by atoms with Crippen molar-refractivity contribution in [3.05, 3.63) is 64.4 Å². The Morgan fingerprint density at radius 3 is 2.20 bits per heavy atom. The summed E-state index contributed by atoms with van der Waals surface area (Å²) in [6.45, 7) is 1.61. The van der Waals surface area contributed by atoms with Gasteiger partial charge in [-0.2, -0.15) is 0 Å². The van der Waals surface area contributed by atoms with E-state index < -0.39 is 37.5 Å². The summed E-state index contributed by atoms with van der Waals surface area (Å²) in [5.74, 6) is -1.28. The molecule has 0 amide bonds. The van der Waals surface area contributed by atoms with Crippen molar-refractivity contribution in [2.45, 2.75) is 23.6 Å². The van der Waals surface area contributed by atoms with Crippen LogP contribution in [0.1, 0.15) is 24.1 Å². The van der Waals surface area contributed by atoms with Crippen molar-refractivity contribution >= 4 is 31.5 Å². The Labute approximate surface area is 151 Å². The lowest BCUT2D eigenvalue weighted by molar-refractivity contribution is 0.561. The fourth-order valence-electron chi connectivity index (χ4n) is 2.24. The Bertz CT molecular complexity index is 953. The monoisotopic (exact) mass is 405 g/mol. The van der Waals surface area contributed by atoms with Gasteiger partial charge in [0.25, 0.3) is 0 Å². The van der Waals surface area contributed by atoms with Crippen molar-refractivity contribution < 1.29 is 21.2 Å². The van der Waals surface area contributed by atoms with Gasteiger partial charge < -0.3 is 0 Å². The second-order valence-electron chi connectivity index (χ2n) is 5.64. The fourth-order valence-corrected chi connectivity index (χ4v) is 4.61. The molecule has 25 heavy (non-hydrogen) atoms. The van der Waals surface area contributed by atoms with Gasteiger partial charge in [-0.3, -0.25) is 0 Å². The third-order valence-corrected chi connectivity index (χ3v) is 6.42. The van der Waals surface area contributed by atoms with E-state index in [0.29, 0.717) is 5.56 Å². The van der Waals surface area contributed by atoms with E-state index in [0.717, 1.165) is 12.3 Å². The Hall–Kier alpha value is -1.48. The molecule has 0 saturated heterocycles. The summed E-state index contributed by atoms with van der Waals surface area (Å²) in [5, 5.41) is 0.0375. The summed E-state index contributed by atoms with van der Waals surface area (Å²) in [4.78, 5) is 0.143. The molecule has 2 rings (SSSR count). The maximum atomic E-state index is 13.8. The van der Waals surface area contributed by atoms with E-state index in [1.807, 2.05) is 0 Å². The van der Waals surface area contributed by atoms with Crippen molar-refractivity contribution in [3.63, 3.8) is 0 Å². The van der Waals surface area contributed by atoms with Crippen LogP contribution in [-0.2, 0) is 25.6 Å². The molecule has 0 bridgehead atoms. The van der Waals surface area contributed by atoms with E-state index in [-0.39, 0.29) is 15.5 Å². The average molecular weight is 406 g/mol. The van der Waals surface area contributed by atoms with Gasteiger partial charge in [-0.1, -0.05) is 29.8 Å². The first-order chi connectivity index (χ1) is 11.5. The van der Waals surface area contributed by atoms with Crippen molar-refractivity contribution in [2.75, 3.05) is 6.26 Å². The molecule has 9 heteroatoms. The molecular weight excluding hydrogens is 389 g/mol. The van der Waals surface area contributed by atoms with Crippen LogP contribution in [0.5, 0.6) is 0 Å². The van der Waals surface area contributed by atoms with Gasteiger partial charge in [0.1, 0.15) is 5.82 Å². The van der Waals surface area contributed by atoms with Crippen LogP contribution in [0.15, 0.2) is 47.4 Å². The summed E-state index contributed by atoms with van der Waals surface area (Å²) in [6, 6.07) is 9.20. The minimum absolute atomic E-state index is 0.0375. The van der Waals surface area contributed by atoms with Crippen LogP contribution in [0.3, 0.4) is 0 Å². The number of sulfone groups is 1. The quantitative estimate of drug-likeness (QED) is 0.800. The van der Waals surface area contributed by atoms with Gasteiger partial charge in [0, 0.05) is 22.9 Å². The van der Waals surface area contributed by atoms with Crippen LogP contribution in [0, 0.1) is 5.82 Å². The first-order valence-corrected chi connectivity index (χ1v) is 11.1. The zero-order valence-electron chi connectivity index (χ0n) is 13.5. The lowest BCUT2D eigenvalue weighted by atomic mass is 10.1. The number of halogens is 2. The molecule has 0 radical (unpaired) electrons. The summed E-state index contributed by atoms with van der Waals surface area (Å²) in [5.41, 5.74) is 0.479. The van der Waals surface area contributed by atoms with Gasteiger partial charge in [-0.15, -0.1) is 0 Å². The number of hydrogen-bond donors (Lipinski definition) is 1. The highest BCUT2D eigenvalue weighted by atomic mass is 35.5. The van der Waals surface area contributed by atoms with Gasteiger partial charge in [0.15, 0.2) is 9.84 Å². The summed E-state index contributed by atoms with van der Waals surface area (Å²) in [6.07, 6.45) is 1.09. The molecule has 2 aromatic carbocycles. The van der Waals surface area contributed by atoms with Crippen LogP contribution in [-0.4, -0.2) is 23.1 Å². The van der Waals surface area contributed by atoms with Gasteiger partial charge in [0.05, 0.1) is 10.6 Å². The molecule has 0 saturated carbocycles. The second kappa shape index (κ2) is 7.41. The van der Waals surface area contributed by atoms with E-state index in [2.05, 4.69) is 4.72 Å². The average Bonchev–Trinajstić information content (AvgIpc) is 2.50. The summed E-state index contributed by atoms with van der Waals surface area (Å²) in [7, 11) is -7.18. The summed E-state index contributed by atoms with van der Waals surface area (Å²) < 4.78 is 63.7. The van der Waals surface area contributed by atoms with Crippen LogP contribution >= 0.6 is 11.6 Å². The van der Waals surface area contributed by atoms with E-state index in [1.54, 1.807) is 6.92 Å². The largest absolute Gasteiger partial charge is 0.224 e. The second-order valence-corrected chi connectivity index (χ2v) is 9.82. The van der Waals surface area contributed by atoms with Crippen molar-refractivity contribution in [1.82, 2.24) is 4.72 Å². The number of rotatable bonds is 6. The molecule has 0 aliphatic rings. The lowest BCUT2D eigenvalue weighted by Gasteiger charge is -2.15. The van der Waals surface area contributed by atoms with Gasteiger partial charge >= 0.3 is 0 Å². The summed E-state index contributed by atoms with van der Waals surface area (Å²) >= 11 is 5.86. The van der Waals surface area contributed by atoms with Crippen molar-refractivity contribution in [1.29, 1.82) is 0 Å². The Balaban J connectivity index is 2.17. The van der Waals surface area contributed by atoms with E-state index in [9.17, 15) is 21.2 Å². The molecule has 5 nitrogen and oxygen atoms in total. The highest BCUT2D eigenvalue weighted by molar-refractivity contribution is 7.90. The number of benzene rings is 2. The predicted molar refractivity (Wildman–Crippen MR) is 95.1 cm³/mol. The fraction of sp³-hybridized carbons (Fsp3) is 0.250. The van der Waals surface area contributed by atoms with Gasteiger partial charge in [-0.05, 0) is 36.8 Å². The molecular formula is C16H17ClFNO4S2. The number of nitrogens with one attached hydrogen (secondary N) is 1. The molecule has 136 valence electrons. The molecule has 0 aliphatic carbocycles. The van der Waals surface area contributed by atoms with Gasteiger partial charge in [0.2, 0.25) is 10.0 Å². The topological polar surface area (TPSA) is 80.3 Å². The molecule has 0 heterocycles. The molecule has 0 aromatic heterocycles. The minimum Gasteiger partial charge on any atom is -0.224 e. The Morgan fingerprint density at radius 1 is 1.08 bits per heavy atom. The highest BCUT2D eigenvalue weighted by Gasteiger charge is 2.20. The van der Waals surface area contributed by atoms with Crippen LogP contribution in [0.2, 0.25) is 5.02 Å². The van der Waals surface area contributed by atoms with Crippen LogP contribution in [0.25, 0.3) is 0 Å². The number of hydrogen-bond acceptors (Lipinski definition) is 4. The van der Waals surface area contributed by atoms with Crippen molar-refractivity contribution in [3.8, 4) is 0 Å². The first-order valence-electron chi connectivity index (χ1n) is 7.22. The molecule has 1 atom stereocenters. The minimum atomic E-state index is -3.86. The molecule has 2 aromatic rings. The van der Waals surface area contributed by atoms with Gasteiger partial charge in [-0.25, -0.2) is 25.9 Å². The normalized spacial score (nSPS) is 13.6. The van der Waals surface area contributed by atoms with E-state index in [4.69, 9.17) is 11.6 Å². The number of sulfonamides is 1. The molecule has 0 fully saturated rings. The maximum Gasteiger partial charge on any atom is 0.216 e. The third kappa shape index (κ3) is 5.24. The standard InChI is InChI=1S/C16H17ClFNO4S2/c1-11(12-6-8-13(9-7-12)24(2,20)21)19-25(22,23)10-14-15(17)4-3-5-16(14)18/h3-9,11,19H,10H2,1-2H3/t11-/m1/s1. The maximum absolute atomic E-state index is 13.8. The van der Waals surface area contributed by atoms with E-state index >= 15 is 0 Å². The zero-order chi connectivity index (χ0) is 18.8. The van der Waals surface area contributed by atoms with Crippen LogP contribution in [0.4, 0.5) is 4.39 Å². The Morgan fingerprint density at radius 2 is 1.68 bits per heavy atom.